The molecule has 260 valence electrons. The molecular formula is C27H37ClN8O10S-2. The quantitative estimate of drug-likeness (QED) is 0.0858. The largest absolute Gasteiger partial charge is 0.759 e. The van der Waals surface area contributed by atoms with Crippen LogP contribution in [0.15, 0.2) is 42.9 Å². The van der Waals surface area contributed by atoms with Crippen LogP contribution in [0.4, 0.5) is 11.8 Å². The van der Waals surface area contributed by atoms with Gasteiger partial charge in [0.05, 0.1) is 56.7 Å². The standard InChI is InChI=1S/C23H26ClN7O3.C4H11NO3.H2O4S/c1-34-19-6-5-15(10-18(19)24)11-27-21-17(22(33)28-13-20-25-7-3-8-26-20)12-29-23(30-21)31-9-2-4-16(31)14-32;5-4(1-6,2-7)3-8;1-5(2,3)4/h3,5-8,10,12,16,32H,2,4,9,11,13-14H2,1H3,(H,28,33)(H,27,29,30);6-8H,1-3,5H2;(H2,1,2,3,4)/p-2. The number of aliphatic hydroxyl groups excluding tert-OH is 4. The molecule has 4 rings (SSSR count). The van der Waals surface area contributed by atoms with Crippen LogP contribution in [0.2, 0.25) is 5.02 Å². The zero-order valence-corrected chi connectivity index (χ0v) is 26.9. The lowest BCUT2D eigenvalue weighted by Crippen LogP contribution is -2.50. The molecule has 1 aliphatic heterocycles. The number of aromatic nitrogens is 4. The Balaban J connectivity index is 0.000000499. The number of anilines is 2. The van der Waals surface area contributed by atoms with Crippen molar-refractivity contribution >= 4 is 39.7 Å². The first-order valence-electron chi connectivity index (χ1n) is 13.9. The molecule has 0 spiro atoms. The number of nitrogens with one attached hydrogen (secondary N) is 2. The van der Waals surface area contributed by atoms with Gasteiger partial charge in [-0.3, -0.25) is 13.2 Å². The predicted octanol–water partition coefficient (Wildman–Crippen LogP) is -1.25. The summed E-state index contributed by atoms with van der Waals surface area (Å²) in [4.78, 5) is 32.2. The van der Waals surface area contributed by atoms with Crippen molar-refractivity contribution in [2.75, 3.05) is 50.3 Å². The Labute approximate surface area is 276 Å². The maximum atomic E-state index is 13.0. The first-order chi connectivity index (χ1) is 22.3. The fourth-order valence-corrected chi connectivity index (χ4v) is 4.21. The van der Waals surface area contributed by atoms with Gasteiger partial charge in [-0.05, 0) is 36.6 Å². The minimum atomic E-state index is -5.17. The predicted molar refractivity (Wildman–Crippen MR) is 167 cm³/mol. The van der Waals surface area contributed by atoms with Crippen molar-refractivity contribution in [3.05, 3.63) is 64.8 Å². The molecule has 0 saturated carbocycles. The molecule has 1 atom stereocenters. The minimum Gasteiger partial charge on any atom is -0.759 e. The number of carbonyl (C=O) groups is 1. The van der Waals surface area contributed by atoms with Crippen molar-refractivity contribution in [1.82, 2.24) is 25.3 Å². The van der Waals surface area contributed by atoms with Crippen LogP contribution in [0, 0.1) is 0 Å². The van der Waals surface area contributed by atoms with Gasteiger partial charge >= 0.3 is 0 Å². The van der Waals surface area contributed by atoms with Crippen LogP contribution < -0.4 is 26.0 Å². The van der Waals surface area contributed by atoms with E-state index in [0.29, 0.717) is 40.5 Å². The second-order valence-electron chi connectivity index (χ2n) is 10.0. The normalized spacial score (nSPS) is 14.3. The molecule has 1 aliphatic rings. The van der Waals surface area contributed by atoms with Gasteiger partial charge in [-0.2, -0.15) is 4.98 Å². The van der Waals surface area contributed by atoms with Gasteiger partial charge < -0.3 is 55.5 Å². The molecule has 47 heavy (non-hydrogen) atoms. The van der Waals surface area contributed by atoms with Crippen molar-refractivity contribution in [2.45, 2.75) is 37.5 Å². The molecule has 1 aromatic carbocycles. The molecule has 2 aromatic heterocycles. The minimum absolute atomic E-state index is 0.0236. The lowest BCUT2D eigenvalue weighted by molar-refractivity contribution is 0.0697. The van der Waals surface area contributed by atoms with Crippen molar-refractivity contribution < 1.29 is 47.5 Å². The van der Waals surface area contributed by atoms with E-state index in [-0.39, 0.29) is 25.1 Å². The third-order valence-electron chi connectivity index (χ3n) is 6.51. The molecule has 8 N–H and O–H groups in total. The molecule has 1 fully saturated rings. The highest BCUT2D eigenvalue weighted by Crippen LogP contribution is 2.27. The Morgan fingerprint density at radius 2 is 1.77 bits per heavy atom. The summed E-state index contributed by atoms with van der Waals surface area (Å²) in [5.74, 6) is 1.58. The monoisotopic (exact) mass is 700 g/mol. The zero-order valence-electron chi connectivity index (χ0n) is 25.3. The molecule has 0 aliphatic carbocycles. The van der Waals surface area contributed by atoms with Gasteiger partial charge in [-0.15, -0.1) is 0 Å². The topological polar surface area (TPSA) is 292 Å². The molecule has 18 nitrogen and oxygen atoms in total. The van der Waals surface area contributed by atoms with Crippen molar-refractivity contribution in [3.8, 4) is 5.75 Å². The molecule has 1 unspecified atom stereocenters. The third kappa shape index (κ3) is 13.5. The average molecular weight is 701 g/mol. The first kappa shape index (κ1) is 39.4. The molecular weight excluding hydrogens is 664 g/mol. The highest BCUT2D eigenvalue weighted by Gasteiger charge is 2.27. The number of hydrogen-bond acceptors (Lipinski definition) is 17. The van der Waals surface area contributed by atoms with E-state index in [1.165, 1.54) is 6.20 Å². The van der Waals surface area contributed by atoms with Gasteiger partial charge in [-0.1, -0.05) is 17.7 Å². The summed E-state index contributed by atoms with van der Waals surface area (Å²) in [6, 6.07) is 7.14. The number of nitrogens with two attached hydrogens (primary N) is 1. The number of benzene rings is 1. The SMILES string of the molecule is COc1ccc(CNc2nc(N3CCCC3CO)ncc2C(=O)NCc2ncccn2)cc1Cl.NC(CO)(CO)CO.O=S(=O)([O-])[O-]. The van der Waals surface area contributed by atoms with E-state index in [1.54, 1.807) is 37.7 Å². The smallest absolute Gasteiger partial charge is 0.256 e. The molecule has 0 radical (unpaired) electrons. The molecule has 20 heteroatoms. The van der Waals surface area contributed by atoms with E-state index in [1.807, 2.05) is 11.0 Å². The summed E-state index contributed by atoms with van der Waals surface area (Å²) in [5, 5.41) is 41.3. The van der Waals surface area contributed by atoms with E-state index in [2.05, 4.69) is 30.6 Å². The second kappa shape index (κ2) is 19.1. The van der Waals surface area contributed by atoms with Crippen LogP contribution in [0.1, 0.15) is 34.6 Å². The number of rotatable bonds is 12. The fraction of sp³-hybridized carbons (Fsp3) is 0.444. The van der Waals surface area contributed by atoms with Crippen LogP contribution in [0.25, 0.3) is 0 Å². The number of amides is 1. The number of aliphatic hydroxyl groups is 4. The Morgan fingerprint density at radius 3 is 2.30 bits per heavy atom. The van der Waals surface area contributed by atoms with Gasteiger partial charge in [0.15, 0.2) is 0 Å². The molecule has 1 amide bonds. The van der Waals surface area contributed by atoms with Gasteiger partial charge in [0, 0.05) is 42.1 Å². The van der Waals surface area contributed by atoms with Gasteiger partial charge in [-0.25, -0.2) is 15.0 Å². The van der Waals surface area contributed by atoms with Gasteiger partial charge in [0.25, 0.3) is 5.91 Å². The van der Waals surface area contributed by atoms with Gasteiger partial charge in [0.1, 0.15) is 23.0 Å². The van der Waals surface area contributed by atoms with Crippen LogP contribution in [0.3, 0.4) is 0 Å². The Bertz CT molecular complexity index is 1500. The van der Waals surface area contributed by atoms with Crippen molar-refractivity contribution in [3.63, 3.8) is 0 Å². The Hall–Kier alpha value is -3.79. The van der Waals surface area contributed by atoms with E-state index < -0.39 is 35.8 Å². The summed E-state index contributed by atoms with van der Waals surface area (Å²) in [6.07, 6.45) is 6.55. The lowest BCUT2D eigenvalue weighted by atomic mass is 10.1. The molecule has 0 bridgehead atoms. The average Bonchev–Trinajstić information content (AvgIpc) is 3.55. The van der Waals surface area contributed by atoms with Crippen LogP contribution in [-0.2, 0) is 23.5 Å². The number of ether oxygens (including phenoxy) is 1. The van der Waals surface area contributed by atoms with Gasteiger partial charge in [0.2, 0.25) is 5.95 Å². The summed E-state index contributed by atoms with van der Waals surface area (Å²) in [7, 11) is -3.61. The summed E-state index contributed by atoms with van der Waals surface area (Å²) in [6.45, 7) is 0.116. The summed E-state index contributed by atoms with van der Waals surface area (Å²) in [5.41, 5.74) is 5.12. The number of nitrogens with zero attached hydrogens (tertiary/aromatic N) is 5. The lowest BCUT2D eigenvalue weighted by Gasteiger charge is -2.24. The number of hydrogen-bond donors (Lipinski definition) is 7. The second-order valence-corrected chi connectivity index (χ2v) is 11.2. The van der Waals surface area contributed by atoms with Crippen LogP contribution >= 0.6 is 11.6 Å². The summed E-state index contributed by atoms with van der Waals surface area (Å²) >= 11 is 6.25. The maximum absolute atomic E-state index is 13.0. The first-order valence-corrected chi connectivity index (χ1v) is 15.6. The Kier molecular flexibility index (Phi) is 16.0. The number of carbonyl (C=O) groups excluding carboxylic acids is 1. The van der Waals surface area contributed by atoms with Crippen LogP contribution in [0.5, 0.6) is 5.75 Å². The molecule has 1 saturated heterocycles. The third-order valence-corrected chi connectivity index (χ3v) is 6.81. The fourth-order valence-electron chi connectivity index (χ4n) is 3.93. The van der Waals surface area contributed by atoms with E-state index in [0.717, 1.165) is 24.9 Å². The highest BCUT2D eigenvalue weighted by molar-refractivity contribution is 7.79. The molecule has 3 heterocycles. The summed E-state index contributed by atoms with van der Waals surface area (Å²) < 4.78 is 39.3. The number of methoxy groups -OCH3 is 1. The zero-order chi connectivity index (χ0) is 35.0. The van der Waals surface area contributed by atoms with E-state index >= 15 is 0 Å². The molecule has 3 aromatic rings. The van der Waals surface area contributed by atoms with Crippen molar-refractivity contribution in [2.24, 2.45) is 5.73 Å². The highest BCUT2D eigenvalue weighted by atomic mass is 35.5. The van der Waals surface area contributed by atoms with E-state index in [9.17, 15) is 9.90 Å². The van der Waals surface area contributed by atoms with E-state index in [4.69, 9.17) is 54.9 Å². The maximum Gasteiger partial charge on any atom is 0.256 e. The van der Waals surface area contributed by atoms with Crippen molar-refractivity contribution in [1.29, 1.82) is 0 Å². The number of halogens is 1. The van der Waals surface area contributed by atoms with Crippen LogP contribution in [-0.4, -0.2) is 115 Å². The Morgan fingerprint density at radius 1 is 1.13 bits per heavy atom.